The van der Waals surface area contributed by atoms with Gasteiger partial charge in [0.1, 0.15) is 11.3 Å². The van der Waals surface area contributed by atoms with Crippen molar-refractivity contribution in [3.63, 3.8) is 0 Å². The summed E-state index contributed by atoms with van der Waals surface area (Å²) in [6.45, 7) is 0.845. The number of carbonyl (C=O) groups is 1. The lowest BCUT2D eigenvalue weighted by Crippen LogP contribution is -2.11. The van der Waals surface area contributed by atoms with E-state index in [-0.39, 0.29) is 17.8 Å². The summed E-state index contributed by atoms with van der Waals surface area (Å²) in [5.74, 6) is 2.95. The molecule has 0 aliphatic carbocycles. The molecule has 3 aromatic heterocycles. The first kappa shape index (κ1) is 22.2. The largest absolute Gasteiger partial charge is 0.306 e. The van der Waals surface area contributed by atoms with E-state index in [1.807, 2.05) is 34.9 Å². The highest BCUT2D eigenvalue weighted by Crippen LogP contribution is 2.30. The van der Waals surface area contributed by atoms with E-state index >= 15 is 0 Å². The van der Waals surface area contributed by atoms with E-state index in [1.54, 1.807) is 47.4 Å². The molecular weight excluding hydrogens is 446 g/mol. The number of fused-ring (bicyclic) bond motifs is 1. The molecule has 0 atom stereocenters. The maximum absolute atomic E-state index is 14.1. The van der Waals surface area contributed by atoms with E-state index < -0.39 is 5.92 Å². The number of imidazole rings is 2. The fraction of sp³-hybridized carbons (Fsp3) is 0.107. The summed E-state index contributed by atoms with van der Waals surface area (Å²) in [5, 5.41) is 0. The molecular formula is C28H20F2N4O. The molecule has 5 aromatic rings. The van der Waals surface area contributed by atoms with Crippen LogP contribution in [0, 0.1) is 11.8 Å². The number of alkyl halides is 2. The number of nitrogens with zero attached hydrogens (tertiary/aromatic N) is 4. The Balaban J connectivity index is 1.41. The number of hydrogen-bond acceptors (Lipinski definition) is 3. The lowest BCUT2D eigenvalue weighted by atomic mass is 9.98. The smallest absolute Gasteiger partial charge is 0.270 e. The highest BCUT2D eigenvalue weighted by molar-refractivity contribution is 5.97. The van der Waals surface area contributed by atoms with Gasteiger partial charge in [-0.05, 0) is 53.9 Å². The third kappa shape index (κ3) is 4.87. The molecule has 0 radical (unpaired) electrons. The van der Waals surface area contributed by atoms with E-state index in [0.717, 1.165) is 18.3 Å². The maximum atomic E-state index is 14.1. The summed E-state index contributed by atoms with van der Waals surface area (Å²) >= 11 is 0. The lowest BCUT2D eigenvalue weighted by molar-refractivity contribution is 0.0173. The third-order valence-electron chi connectivity index (χ3n) is 5.59. The Hall–Kier alpha value is -4.57. The second-order valence-electron chi connectivity index (χ2n) is 8.25. The second kappa shape index (κ2) is 8.99. The summed E-state index contributed by atoms with van der Waals surface area (Å²) < 4.78 is 31.8. The Morgan fingerprint density at radius 2 is 1.91 bits per heavy atom. The van der Waals surface area contributed by atoms with Crippen LogP contribution in [0.5, 0.6) is 0 Å². The number of benzene rings is 2. The van der Waals surface area contributed by atoms with Gasteiger partial charge in [-0.15, -0.1) is 0 Å². The van der Waals surface area contributed by atoms with Crippen molar-refractivity contribution in [2.75, 3.05) is 0 Å². The fourth-order valence-corrected chi connectivity index (χ4v) is 3.81. The summed E-state index contributed by atoms with van der Waals surface area (Å²) in [5.41, 5.74) is 3.55. The average molecular weight is 466 g/mol. The Labute approximate surface area is 200 Å². The standard InChI is InChI=1S/C28H20F2N4O/c1-28(29,30)23-14-21(15-25(17-23)33-12-10-31-19-33)16-26(35)22-6-4-5-20(13-22)8-9-24-18-32-27-7-2-3-11-34(24)27/h2-7,10-15,17-19H,16H2,1H3. The Morgan fingerprint density at radius 3 is 2.71 bits per heavy atom. The first-order valence-corrected chi connectivity index (χ1v) is 10.9. The molecule has 0 saturated heterocycles. The third-order valence-corrected chi connectivity index (χ3v) is 5.59. The summed E-state index contributed by atoms with van der Waals surface area (Å²) in [7, 11) is 0. The number of rotatable bonds is 5. The molecule has 0 N–H and O–H groups in total. The second-order valence-corrected chi connectivity index (χ2v) is 8.25. The first-order valence-electron chi connectivity index (χ1n) is 10.9. The molecule has 35 heavy (non-hydrogen) atoms. The molecule has 172 valence electrons. The lowest BCUT2D eigenvalue weighted by Gasteiger charge is -2.15. The molecule has 0 amide bonds. The van der Waals surface area contributed by atoms with Gasteiger partial charge in [0.2, 0.25) is 0 Å². The molecule has 0 bridgehead atoms. The minimum absolute atomic E-state index is 0.0181. The number of aromatic nitrogens is 4. The molecule has 0 aliphatic rings. The van der Waals surface area contributed by atoms with Crippen molar-refractivity contribution in [3.8, 4) is 17.5 Å². The predicted molar refractivity (Wildman–Crippen MR) is 129 cm³/mol. The van der Waals surface area contributed by atoms with Gasteiger partial charge in [-0.2, -0.15) is 0 Å². The van der Waals surface area contributed by atoms with Gasteiger partial charge in [0, 0.05) is 54.3 Å². The van der Waals surface area contributed by atoms with Crippen molar-refractivity contribution in [3.05, 3.63) is 120 Å². The van der Waals surface area contributed by atoms with Crippen molar-refractivity contribution >= 4 is 11.4 Å². The topological polar surface area (TPSA) is 52.2 Å². The van der Waals surface area contributed by atoms with E-state index in [0.29, 0.717) is 22.4 Å². The normalized spacial score (nSPS) is 11.3. The van der Waals surface area contributed by atoms with Crippen molar-refractivity contribution in [1.82, 2.24) is 18.9 Å². The van der Waals surface area contributed by atoms with Crippen LogP contribution in [0.4, 0.5) is 8.78 Å². The van der Waals surface area contributed by atoms with Crippen LogP contribution in [0.2, 0.25) is 0 Å². The maximum Gasteiger partial charge on any atom is 0.270 e. The minimum Gasteiger partial charge on any atom is -0.306 e. The number of Topliss-reactive ketones (excluding diaryl/α,β-unsaturated/α-hetero) is 1. The van der Waals surface area contributed by atoms with Crippen molar-refractivity contribution in [2.24, 2.45) is 0 Å². The predicted octanol–water partition coefficient (Wildman–Crippen LogP) is 5.46. The Kier molecular flexibility index (Phi) is 5.71. The van der Waals surface area contributed by atoms with Crippen molar-refractivity contribution < 1.29 is 13.6 Å². The zero-order valence-corrected chi connectivity index (χ0v) is 18.8. The van der Waals surface area contributed by atoms with Crippen LogP contribution in [-0.2, 0) is 12.3 Å². The van der Waals surface area contributed by atoms with Crippen LogP contribution < -0.4 is 0 Å². The number of carbonyl (C=O) groups excluding carboxylic acids is 1. The van der Waals surface area contributed by atoms with Gasteiger partial charge in [0.15, 0.2) is 5.78 Å². The molecule has 0 spiro atoms. The van der Waals surface area contributed by atoms with Crippen molar-refractivity contribution in [2.45, 2.75) is 19.3 Å². The number of hydrogen-bond donors (Lipinski definition) is 0. The van der Waals surface area contributed by atoms with Crippen LogP contribution in [0.15, 0.2) is 91.8 Å². The Morgan fingerprint density at radius 1 is 1.03 bits per heavy atom. The number of ketones is 1. The van der Waals surface area contributed by atoms with Gasteiger partial charge in [0.25, 0.3) is 5.92 Å². The van der Waals surface area contributed by atoms with E-state index in [1.165, 1.54) is 18.5 Å². The molecule has 5 nitrogen and oxygen atoms in total. The minimum atomic E-state index is -3.04. The fourth-order valence-electron chi connectivity index (χ4n) is 3.81. The molecule has 0 fully saturated rings. The zero-order chi connectivity index (χ0) is 24.4. The summed E-state index contributed by atoms with van der Waals surface area (Å²) in [6, 6.07) is 17.2. The van der Waals surface area contributed by atoms with E-state index in [4.69, 9.17) is 0 Å². The number of halogens is 2. The quantitative estimate of drug-likeness (QED) is 0.255. The Bertz CT molecular complexity index is 1580. The van der Waals surface area contributed by atoms with Gasteiger partial charge in [-0.1, -0.05) is 24.1 Å². The number of pyridine rings is 1. The van der Waals surface area contributed by atoms with Crippen molar-refractivity contribution in [1.29, 1.82) is 0 Å². The SMILES string of the molecule is CC(F)(F)c1cc(CC(=O)c2cccc(C#Cc3cnc4ccccn34)c2)cc(-n2ccnc2)c1. The highest BCUT2D eigenvalue weighted by Gasteiger charge is 2.26. The van der Waals surface area contributed by atoms with Gasteiger partial charge in [0.05, 0.1) is 12.5 Å². The molecule has 0 unspecified atom stereocenters. The summed E-state index contributed by atoms with van der Waals surface area (Å²) in [6.07, 6.45) is 8.34. The van der Waals surface area contributed by atoms with Crippen LogP contribution in [0.3, 0.4) is 0 Å². The molecule has 0 saturated carbocycles. The van der Waals surface area contributed by atoms with Gasteiger partial charge < -0.3 is 4.57 Å². The molecule has 2 aromatic carbocycles. The van der Waals surface area contributed by atoms with Gasteiger partial charge >= 0.3 is 0 Å². The van der Waals surface area contributed by atoms with Crippen LogP contribution in [0.1, 0.15) is 39.7 Å². The van der Waals surface area contributed by atoms with Crippen LogP contribution in [-0.4, -0.2) is 24.7 Å². The van der Waals surface area contributed by atoms with Crippen LogP contribution in [0.25, 0.3) is 11.3 Å². The average Bonchev–Trinajstić information content (AvgIpc) is 3.53. The van der Waals surface area contributed by atoms with E-state index in [2.05, 4.69) is 21.8 Å². The highest BCUT2D eigenvalue weighted by atomic mass is 19.3. The summed E-state index contributed by atoms with van der Waals surface area (Å²) in [4.78, 5) is 21.4. The molecule has 7 heteroatoms. The molecule has 5 rings (SSSR count). The van der Waals surface area contributed by atoms with Crippen LogP contribution >= 0.6 is 0 Å². The van der Waals surface area contributed by atoms with Gasteiger partial charge in [-0.25, -0.2) is 18.7 Å². The zero-order valence-electron chi connectivity index (χ0n) is 18.8. The molecule has 0 aliphatic heterocycles. The van der Waals surface area contributed by atoms with Gasteiger partial charge in [-0.3, -0.25) is 9.20 Å². The molecule has 3 heterocycles. The van der Waals surface area contributed by atoms with E-state index in [9.17, 15) is 13.6 Å². The first-order chi connectivity index (χ1) is 16.9. The monoisotopic (exact) mass is 466 g/mol.